The third-order valence-electron chi connectivity index (χ3n) is 3.27. The van der Waals surface area contributed by atoms with E-state index < -0.39 is 23.1 Å². The van der Waals surface area contributed by atoms with Gasteiger partial charge in [-0.1, -0.05) is 18.2 Å². The zero-order chi connectivity index (χ0) is 15.5. The van der Waals surface area contributed by atoms with Crippen LogP contribution in [0.5, 0.6) is 0 Å². The molecule has 1 aliphatic heterocycles. The summed E-state index contributed by atoms with van der Waals surface area (Å²) in [4.78, 5) is 28.7. The average molecular weight is 293 g/mol. The standard InChI is InChI=1S/C15H19NO5/c1-14(2)19-9-15(3,10-20-14)13(18)16-21-12(17)11-7-5-4-6-8-11/h4-8H,9-10H2,1-3H3,(H,16,18). The maximum atomic E-state index is 12.1. The monoisotopic (exact) mass is 293 g/mol. The van der Waals surface area contributed by atoms with Gasteiger partial charge in [0, 0.05) is 0 Å². The predicted molar refractivity (Wildman–Crippen MR) is 74.1 cm³/mol. The van der Waals surface area contributed by atoms with Gasteiger partial charge in [0.25, 0.3) is 5.91 Å². The van der Waals surface area contributed by atoms with Gasteiger partial charge in [-0.25, -0.2) is 4.79 Å². The van der Waals surface area contributed by atoms with E-state index in [1.807, 2.05) is 0 Å². The Kier molecular flexibility index (Phi) is 4.29. The van der Waals surface area contributed by atoms with E-state index in [0.29, 0.717) is 5.56 Å². The second-order valence-electron chi connectivity index (χ2n) is 5.72. The molecule has 1 aromatic carbocycles. The van der Waals surface area contributed by atoms with Crippen LogP contribution in [-0.2, 0) is 19.1 Å². The summed E-state index contributed by atoms with van der Waals surface area (Å²) in [5, 5.41) is 0. The van der Waals surface area contributed by atoms with E-state index >= 15 is 0 Å². The number of rotatable bonds is 2. The molecule has 0 aliphatic carbocycles. The van der Waals surface area contributed by atoms with Crippen LogP contribution in [0.3, 0.4) is 0 Å². The highest BCUT2D eigenvalue weighted by atomic mass is 16.7. The van der Waals surface area contributed by atoms with Crippen molar-refractivity contribution in [3.63, 3.8) is 0 Å². The number of benzene rings is 1. The molecular weight excluding hydrogens is 274 g/mol. The second kappa shape index (κ2) is 5.83. The van der Waals surface area contributed by atoms with Crippen LogP contribution >= 0.6 is 0 Å². The van der Waals surface area contributed by atoms with Gasteiger partial charge in [-0.2, -0.15) is 5.48 Å². The van der Waals surface area contributed by atoms with Crippen LogP contribution in [-0.4, -0.2) is 30.9 Å². The molecular formula is C15H19NO5. The van der Waals surface area contributed by atoms with Gasteiger partial charge >= 0.3 is 5.97 Å². The smallest absolute Gasteiger partial charge is 0.349 e. The Hall–Kier alpha value is -1.92. The highest BCUT2D eigenvalue weighted by molar-refractivity contribution is 5.91. The van der Waals surface area contributed by atoms with Gasteiger partial charge in [-0.05, 0) is 32.9 Å². The summed E-state index contributed by atoms with van der Waals surface area (Å²) in [6, 6.07) is 8.42. The number of ether oxygens (including phenoxy) is 2. The van der Waals surface area contributed by atoms with Gasteiger partial charge in [0.05, 0.1) is 24.2 Å². The third kappa shape index (κ3) is 3.80. The molecule has 1 amide bonds. The van der Waals surface area contributed by atoms with Crippen LogP contribution in [0.25, 0.3) is 0 Å². The van der Waals surface area contributed by atoms with Crippen LogP contribution in [0.15, 0.2) is 30.3 Å². The summed E-state index contributed by atoms with van der Waals surface area (Å²) in [6.07, 6.45) is 0. The van der Waals surface area contributed by atoms with Crippen molar-refractivity contribution >= 4 is 11.9 Å². The number of hydrogen-bond donors (Lipinski definition) is 1. The molecule has 0 radical (unpaired) electrons. The molecule has 21 heavy (non-hydrogen) atoms. The molecule has 6 heteroatoms. The molecule has 2 rings (SSSR count). The first-order valence-electron chi connectivity index (χ1n) is 6.67. The lowest BCUT2D eigenvalue weighted by Crippen LogP contribution is -2.52. The minimum Gasteiger partial charge on any atom is -0.349 e. The fourth-order valence-corrected chi connectivity index (χ4v) is 1.73. The minimum absolute atomic E-state index is 0.189. The SMILES string of the molecule is CC1(C)OCC(C)(C(=O)NOC(=O)c2ccccc2)CO1. The van der Waals surface area contributed by atoms with Crippen molar-refractivity contribution in [3.05, 3.63) is 35.9 Å². The number of carbonyl (C=O) groups excluding carboxylic acids is 2. The molecule has 0 aromatic heterocycles. The van der Waals surface area contributed by atoms with E-state index in [4.69, 9.17) is 14.3 Å². The first-order chi connectivity index (χ1) is 9.82. The molecule has 1 aromatic rings. The van der Waals surface area contributed by atoms with E-state index in [-0.39, 0.29) is 13.2 Å². The fraction of sp³-hybridized carbons (Fsp3) is 0.467. The van der Waals surface area contributed by atoms with Crippen molar-refractivity contribution in [1.82, 2.24) is 5.48 Å². The Morgan fingerprint density at radius 3 is 2.24 bits per heavy atom. The summed E-state index contributed by atoms with van der Waals surface area (Å²) < 4.78 is 10.9. The summed E-state index contributed by atoms with van der Waals surface area (Å²) in [5.74, 6) is -1.78. The van der Waals surface area contributed by atoms with Crippen LogP contribution in [0, 0.1) is 5.41 Å². The van der Waals surface area contributed by atoms with Crippen LogP contribution in [0.1, 0.15) is 31.1 Å². The van der Waals surface area contributed by atoms with Gasteiger partial charge in [0.1, 0.15) is 0 Å². The summed E-state index contributed by atoms with van der Waals surface area (Å²) in [7, 11) is 0. The second-order valence-corrected chi connectivity index (χ2v) is 5.72. The Labute approximate surface area is 123 Å². The zero-order valence-electron chi connectivity index (χ0n) is 12.3. The normalized spacial score (nSPS) is 19.6. The van der Waals surface area contributed by atoms with Gasteiger partial charge in [-0.15, -0.1) is 0 Å². The molecule has 1 saturated heterocycles. The predicted octanol–water partition coefficient (Wildman–Crippen LogP) is 1.66. The largest absolute Gasteiger partial charge is 0.362 e. The first kappa shape index (κ1) is 15.5. The molecule has 0 bridgehead atoms. The molecule has 6 nitrogen and oxygen atoms in total. The molecule has 0 saturated carbocycles. The molecule has 1 aliphatic rings. The van der Waals surface area contributed by atoms with Crippen molar-refractivity contribution in [2.75, 3.05) is 13.2 Å². The Morgan fingerprint density at radius 2 is 1.67 bits per heavy atom. The molecule has 1 N–H and O–H groups in total. The summed E-state index contributed by atoms with van der Waals surface area (Å²) in [6.45, 7) is 5.62. The molecule has 0 spiro atoms. The summed E-state index contributed by atoms with van der Waals surface area (Å²) >= 11 is 0. The van der Waals surface area contributed by atoms with E-state index in [9.17, 15) is 9.59 Å². The highest BCUT2D eigenvalue weighted by Crippen LogP contribution is 2.29. The van der Waals surface area contributed by atoms with Gasteiger partial charge in [-0.3, -0.25) is 4.79 Å². The lowest BCUT2D eigenvalue weighted by Gasteiger charge is -2.39. The van der Waals surface area contributed by atoms with Crippen molar-refractivity contribution in [3.8, 4) is 0 Å². The van der Waals surface area contributed by atoms with E-state index in [1.54, 1.807) is 51.1 Å². The average Bonchev–Trinajstić information content (AvgIpc) is 2.48. The number of hydroxylamine groups is 1. The van der Waals surface area contributed by atoms with Crippen molar-refractivity contribution in [1.29, 1.82) is 0 Å². The van der Waals surface area contributed by atoms with Crippen molar-refractivity contribution in [2.24, 2.45) is 5.41 Å². The van der Waals surface area contributed by atoms with E-state index in [0.717, 1.165) is 0 Å². The van der Waals surface area contributed by atoms with Crippen molar-refractivity contribution in [2.45, 2.75) is 26.6 Å². The maximum absolute atomic E-state index is 12.1. The number of nitrogens with one attached hydrogen (secondary N) is 1. The summed E-state index contributed by atoms with van der Waals surface area (Å²) in [5.41, 5.74) is 1.63. The fourth-order valence-electron chi connectivity index (χ4n) is 1.73. The lowest BCUT2D eigenvalue weighted by atomic mass is 9.91. The van der Waals surface area contributed by atoms with Crippen molar-refractivity contribution < 1.29 is 23.9 Å². The zero-order valence-corrected chi connectivity index (χ0v) is 12.3. The number of carbonyl (C=O) groups is 2. The Balaban J connectivity index is 1.89. The number of hydrogen-bond acceptors (Lipinski definition) is 5. The van der Waals surface area contributed by atoms with E-state index in [1.165, 1.54) is 0 Å². The van der Waals surface area contributed by atoms with Crippen LogP contribution in [0.2, 0.25) is 0 Å². The Morgan fingerprint density at radius 1 is 1.10 bits per heavy atom. The molecule has 114 valence electrons. The van der Waals surface area contributed by atoms with Gasteiger partial charge in [0.15, 0.2) is 5.79 Å². The maximum Gasteiger partial charge on any atom is 0.362 e. The lowest BCUT2D eigenvalue weighted by molar-refractivity contribution is -0.278. The molecule has 1 fully saturated rings. The molecule has 0 unspecified atom stereocenters. The first-order valence-corrected chi connectivity index (χ1v) is 6.67. The Bertz CT molecular complexity index is 516. The van der Waals surface area contributed by atoms with Crippen LogP contribution < -0.4 is 5.48 Å². The third-order valence-corrected chi connectivity index (χ3v) is 3.27. The topological polar surface area (TPSA) is 73.9 Å². The van der Waals surface area contributed by atoms with Crippen LogP contribution in [0.4, 0.5) is 0 Å². The highest BCUT2D eigenvalue weighted by Gasteiger charge is 2.42. The number of amides is 1. The minimum atomic E-state index is -0.896. The molecule has 1 heterocycles. The molecule has 0 atom stereocenters. The quantitative estimate of drug-likeness (QED) is 0.840. The van der Waals surface area contributed by atoms with Gasteiger partial charge < -0.3 is 14.3 Å². The van der Waals surface area contributed by atoms with E-state index in [2.05, 4.69) is 5.48 Å². The van der Waals surface area contributed by atoms with Gasteiger partial charge in [0.2, 0.25) is 0 Å².